The average molecular weight is 347 g/mol. The number of hydrogen-bond acceptors (Lipinski definition) is 3. The Morgan fingerprint density at radius 1 is 1.36 bits per heavy atom. The summed E-state index contributed by atoms with van der Waals surface area (Å²) < 4.78 is 5.22. The van der Waals surface area contributed by atoms with E-state index in [1.807, 2.05) is 29.2 Å². The lowest BCUT2D eigenvalue weighted by Gasteiger charge is -2.32. The quantitative estimate of drug-likeness (QED) is 0.788. The highest BCUT2D eigenvalue weighted by Crippen LogP contribution is 2.25. The minimum absolute atomic E-state index is 0.0267. The summed E-state index contributed by atoms with van der Waals surface area (Å²) in [5, 5.41) is 3.02. The van der Waals surface area contributed by atoms with Gasteiger partial charge in [-0.15, -0.1) is 0 Å². The molecule has 3 amide bonds. The van der Waals surface area contributed by atoms with Gasteiger partial charge < -0.3 is 24.8 Å². The Hall–Kier alpha value is -2.28. The number of methoxy groups -OCH3 is 1. The average Bonchev–Trinajstić information content (AvgIpc) is 3.02. The molecule has 2 heterocycles. The minimum Gasteiger partial charge on any atom is -0.497 e. The van der Waals surface area contributed by atoms with Crippen molar-refractivity contribution in [2.24, 2.45) is 0 Å². The van der Waals surface area contributed by atoms with E-state index in [0.29, 0.717) is 18.7 Å². The third kappa shape index (κ3) is 4.04. The molecule has 25 heavy (non-hydrogen) atoms. The third-order valence-corrected chi connectivity index (χ3v) is 5.08. The van der Waals surface area contributed by atoms with E-state index in [0.717, 1.165) is 38.4 Å². The molecule has 7 heteroatoms. The number of amides is 3. The van der Waals surface area contributed by atoms with Gasteiger partial charge in [-0.05, 0) is 19.1 Å². The number of ether oxygens (including phenoxy) is 1. The molecule has 2 aliphatic heterocycles. The standard InChI is InChI=1S/C18H26N4O3/c1-3-20-7-9-21(10-8-20)18(24)19-14-11-17(23)22(13-14)15-5-4-6-16(12-15)25-2/h4-6,12,14H,3,7-11,13H2,1-2H3,(H,19,24)/p+1/t14-/m1/s1. The second-order valence-corrected chi connectivity index (χ2v) is 6.65. The van der Waals surface area contributed by atoms with Crippen LogP contribution in [0.2, 0.25) is 0 Å². The molecule has 0 saturated carbocycles. The number of carbonyl (C=O) groups is 2. The Morgan fingerprint density at radius 3 is 2.80 bits per heavy atom. The predicted octanol–water partition coefficient (Wildman–Crippen LogP) is -0.269. The Morgan fingerprint density at radius 2 is 2.12 bits per heavy atom. The highest BCUT2D eigenvalue weighted by atomic mass is 16.5. The Bertz CT molecular complexity index is 629. The number of piperazine rings is 1. The number of likely N-dealkylation sites (N-methyl/N-ethyl adjacent to an activating group) is 1. The number of hydrogen-bond donors (Lipinski definition) is 2. The van der Waals surface area contributed by atoms with E-state index in [1.165, 1.54) is 4.90 Å². The molecule has 1 aromatic rings. The summed E-state index contributed by atoms with van der Waals surface area (Å²) in [4.78, 5) is 29.9. The molecule has 0 bridgehead atoms. The molecule has 7 nitrogen and oxygen atoms in total. The molecule has 2 fully saturated rings. The van der Waals surface area contributed by atoms with Gasteiger partial charge in [-0.25, -0.2) is 4.79 Å². The third-order valence-electron chi connectivity index (χ3n) is 5.08. The molecular formula is C18H27N4O3+. The lowest BCUT2D eigenvalue weighted by atomic mass is 10.2. The Kier molecular flexibility index (Phi) is 5.43. The van der Waals surface area contributed by atoms with Gasteiger partial charge in [0.05, 0.1) is 45.9 Å². The maximum Gasteiger partial charge on any atom is 0.318 e. The number of benzene rings is 1. The molecule has 1 atom stereocenters. The summed E-state index contributed by atoms with van der Waals surface area (Å²) >= 11 is 0. The van der Waals surface area contributed by atoms with Gasteiger partial charge in [0.2, 0.25) is 5.91 Å². The zero-order valence-corrected chi connectivity index (χ0v) is 15.0. The zero-order chi connectivity index (χ0) is 17.8. The summed E-state index contributed by atoms with van der Waals surface area (Å²) in [6.07, 6.45) is 0.336. The van der Waals surface area contributed by atoms with Crippen molar-refractivity contribution in [1.82, 2.24) is 10.2 Å². The van der Waals surface area contributed by atoms with Crippen LogP contribution in [0.15, 0.2) is 24.3 Å². The van der Waals surface area contributed by atoms with Gasteiger partial charge in [-0.1, -0.05) is 6.07 Å². The number of rotatable bonds is 4. The first-order valence-corrected chi connectivity index (χ1v) is 8.94. The largest absolute Gasteiger partial charge is 0.497 e. The maximum absolute atomic E-state index is 12.5. The van der Waals surface area contributed by atoms with Gasteiger partial charge in [0.25, 0.3) is 0 Å². The second kappa shape index (κ2) is 7.74. The molecule has 2 saturated heterocycles. The lowest BCUT2D eigenvalue weighted by molar-refractivity contribution is -0.902. The number of urea groups is 1. The van der Waals surface area contributed by atoms with Crippen LogP contribution in [0.3, 0.4) is 0 Å². The van der Waals surface area contributed by atoms with Crippen molar-refractivity contribution in [3.63, 3.8) is 0 Å². The van der Waals surface area contributed by atoms with Crippen molar-refractivity contribution in [3.05, 3.63) is 24.3 Å². The first-order valence-electron chi connectivity index (χ1n) is 8.94. The van der Waals surface area contributed by atoms with E-state index in [1.54, 1.807) is 12.0 Å². The fourth-order valence-corrected chi connectivity index (χ4v) is 3.48. The van der Waals surface area contributed by atoms with Crippen molar-refractivity contribution in [3.8, 4) is 5.75 Å². The summed E-state index contributed by atoms with van der Waals surface area (Å²) in [6, 6.07) is 7.24. The zero-order valence-electron chi connectivity index (χ0n) is 15.0. The van der Waals surface area contributed by atoms with Crippen molar-refractivity contribution in [2.45, 2.75) is 19.4 Å². The van der Waals surface area contributed by atoms with E-state index >= 15 is 0 Å². The van der Waals surface area contributed by atoms with E-state index in [9.17, 15) is 9.59 Å². The molecule has 0 radical (unpaired) electrons. The summed E-state index contributed by atoms with van der Waals surface area (Å²) in [5.41, 5.74) is 0.807. The molecule has 0 aromatic heterocycles. The normalized spacial score (nSPS) is 21.5. The van der Waals surface area contributed by atoms with Crippen molar-refractivity contribution < 1.29 is 19.2 Å². The molecule has 1 aromatic carbocycles. The van der Waals surface area contributed by atoms with E-state index in [-0.39, 0.29) is 18.0 Å². The van der Waals surface area contributed by atoms with E-state index in [2.05, 4.69) is 12.2 Å². The first-order chi connectivity index (χ1) is 12.1. The number of nitrogens with zero attached hydrogens (tertiary/aromatic N) is 2. The fraction of sp³-hybridized carbons (Fsp3) is 0.556. The summed E-state index contributed by atoms with van der Waals surface area (Å²) in [6.45, 7) is 7.29. The van der Waals surface area contributed by atoms with Gasteiger partial charge >= 0.3 is 6.03 Å². The highest BCUT2D eigenvalue weighted by molar-refractivity contribution is 5.97. The van der Waals surface area contributed by atoms with Crippen LogP contribution in [0.25, 0.3) is 0 Å². The SMILES string of the molecule is CC[NH+]1CCN(C(=O)N[C@@H]2CC(=O)N(c3cccc(OC)c3)C2)CC1. The molecule has 0 unspecified atom stereocenters. The number of quaternary nitrogens is 1. The van der Waals surface area contributed by atoms with Crippen LogP contribution < -0.4 is 19.9 Å². The topological polar surface area (TPSA) is 66.3 Å². The Labute approximate surface area is 148 Å². The molecule has 2 aliphatic rings. The molecule has 0 aliphatic carbocycles. The van der Waals surface area contributed by atoms with Gasteiger partial charge in [0.15, 0.2) is 0 Å². The highest BCUT2D eigenvalue weighted by Gasteiger charge is 2.33. The van der Waals surface area contributed by atoms with Crippen LogP contribution in [-0.2, 0) is 4.79 Å². The van der Waals surface area contributed by atoms with Crippen LogP contribution in [0.5, 0.6) is 5.75 Å². The van der Waals surface area contributed by atoms with Crippen LogP contribution in [0.1, 0.15) is 13.3 Å². The minimum atomic E-state index is -0.150. The van der Waals surface area contributed by atoms with E-state index in [4.69, 9.17) is 4.74 Å². The van der Waals surface area contributed by atoms with Gasteiger partial charge in [0, 0.05) is 24.7 Å². The maximum atomic E-state index is 12.5. The molecule has 3 rings (SSSR count). The first kappa shape index (κ1) is 17.5. The summed E-state index contributed by atoms with van der Waals surface area (Å²) in [5.74, 6) is 0.743. The van der Waals surface area contributed by atoms with Crippen LogP contribution in [0, 0.1) is 0 Å². The number of carbonyl (C=O) groups excluding carboxylic acids is 2. The smallest absolute Gasteiger partial charge is 0.318 e. The second-order valence-electron chi connectivity index (χ2n) is 6.65. The van der Waals surface area contributed by atoms with Gasteiger partial charge in [-0.3, -0.25) is 4.79 Å². The number of anilines is 1. The van der Waals surface area contributed by atoms with Crippen molar-refractivity contribution in [2.75, 3.05) is 51.3 Å². The lowest BCUT2D eigenvalue weighted by Crippen LogP contribution is -3.14. The molecule has 136 valence electrons. The monoisotopic (exact) mass is 347 g/mol. The molecular weight excluding hydrogens is 320 g/mol. The van der Waals surface area contributed by atoms with Crippen LogP contribution >= 0.6 is 0 Å². The van der Waals surface area contributed by atoms with Gasteiger partial charge in [-0.2, -0.15) is 0 Å². The van der Waals surface area contributed by atoms with Crippen LogP contribution in [-0.4, -0.2) is 69.3 Å². The van der Waals surface area contributed by atoms with Crippen molar-refractivity contribution >= 4 is 17.6 Å². The van der Waals surface area contributed by atoms with Crippen LogP contribution in [0.4, 0.5) is 10.5 Å². The molecule has 0 spiro atoms. The van der Waals surface area contributed by atoms with E-state index < -0.39 is 0 Å². The fourth-order valence-electron chi connectivity index (χ4n) is 3.48. The van der Waals surface area contributed by atoms with Gasteiger partial charge in [0.1, 0.15) is 5.75 Å². The number of nitrogens with one attached hydrogen (secondary N) is 2. The molecule has 2 N–H and O–H groups in total. The predicted molar refractivity (Wildman–Crippen MR) is 95.1 cm³/mol. The van der Waals surface area contributed by atoms with Crippen molar-refractivity contribution in [1.29, 1.82) is 0 Å². The Balaban J connectivity index is 1.56. The summed E-state index contributed by atoms with van der Waals surface area (Å²) in [7, 11) is 1.61.